The quantitative estimate of drug-likeness (QED) is 0.490. The summed E-state index contributed by atoms with van der Waals surface area (Å²) in [6.45, 7) is 4.92. The maximum Gasteiger partial charge on any atom is 0.196 e. The molecule has 1 aliphatic rings. The fraction of sp³-hybridized carbons (Fsp3) is 0.294. The zero-order valence-corrected chi connectivity index (χ0v) is 14.2. The van der Waals surface area contributed by atoms with E-state index >= 15 is 0 Å². The Morgan fingerprint density at radius 2 is 1.92 bits per heavy atom. The van der Waals surface area contributed by atoms with Crippen molar-refractivity contribution in [2.75, 3.05) is 31.1 Å². The zero-order valence-electron chi connectivity index (χ0n) is 13.4. The van der Waals surface area contributed by atoms with E-state index in [2.05, 4.69) is 62.9 Å². The van der Waals surface area contributed by atoms with Gasteiger partial charge in [0.15, 0.2) is 11.0 Å². The van der Waals surface area contributed by atoms with E-state index in [0.717, 1.165) is 38.6 Å². The van der Waals surface area contributed by atoms with E-state index in [9.17, 15) is 0 Å². The van der Waals surface area contributed by atoms with Crippen LogP contribution in [0.1, 0.15) is 11.3 Å². The molecule has 1 saturated heterocycles. The lowest BCUT2D eigenvalue weighted by Gasteiger charge is -2.34. The fourth-order valence-electron chi connectivity index (χ4n) is 2.71. The van der Waals surface area contributed by atoms with E-state index in [0.29, 0.717) is 5.76 Å². The van der Waals surface area contributed by atoms with Gasteiger partial charge in [0.25, 0.3) is 0 Å². The summed E-state index contributed by atoms with van der Waals surface area (Å²) >= 11 is 4.69. The minimum absolute atomic E-state index is 0.132. The van der Waals surface area contributed by atoms with Crippen LogP contribution in [0.5, 0.6) is 0 Å². The van der Waals surface area contributed by atoms with Gasteiger partial charge >= 0.3 is 0 Å². The van der Waals surface area contributed by atoms with Crippen molar-refractivity contribution in [3.8, 4) is 0 Å². The summed E-state index contributed by atoms with van der Waals surface area (Å²) in [5.74, 6) is 1.53. The number of nitrogens with two attached hydrogens (primary N) is 1. The number of hydrazone groups is 1. The van der Waals surface area contributed by atoms with Gasteiger partial charge in [-0.05, 0) is 23.8 Å². The first-order chi connectivity index (χ1) is 11.7. The molecule has 7 heteroatoms. The van der Waals surface area contributed by atoms with Gasteiger partial charge in [0.1, 0.15) is 5.76 Å². The van der Waals surface area contributed by atoms with Crippen molar-refractivity contribution in [1.29, 1.82) is 0 Å². The Hall–Kier alpha value is -2.38. The zero-order chi connectivity index (χ0) is 16.8. The maximum absolute atomic E-state index is 5.79. The normalized spacial score (nSPS) is 15.8. The van der Waals surface area contributed by atoms with Crippen molar-refractivity contribution in [2.24, 2.45) is 10.8 Å². The summed E-state index contributed by atoms with van der Waals surface area (Å²) < 4.78 is 5.79. The smallest absolute Gasteiger partial charge is 0.196 e. The second-order valence-electron chi connectivity index (χ2n) is 5.66. The van der Waals surface area contributed by atoms with E-state index in [4.69, 9.17) is 10.2 Å². The van der Waals surface area contributed by atoms with Crippen LogP contribution in [0.4, 0.5) is 5.88 Å². The summed E-state index contributed by atoms with van der Waals surface area (Å²) in [6.07, 6.45) is 1.56. The highest BCUT2D eigenvalue weighted by atomic mass is 32.1. The lowest BCUT2D eigenvalue weighted by molar-refractivity contribution is 0.246. The van der Waals surface area contributed by atoms with Crippen molar-refractivity contribution < 1.29 is 4.42 Å². The molecule has 0 atom stereocenters. The molecule has 0 spiro atoms. The lowest BCUT2D eigenvalue weighted by Crippen LogP contribution is -2.45. The van der Waals surface area contributed by atoms with E-state index in [1.807, 2.05) is 12.1 Å². The van der Waals surface area contributed by atoms with Crippen LogP contribution in [0, 0.1) is 0 Å². The number of hydrogen-bond acceptors (Lipinski definition) is 5. The molecule has 24 heavy (non-hydrogen) atoms. The van der Waals surface area contributed by atoms with Gasteiger partial charge in [-0.15, -0.1) is 0 Å². The van der Waals surface area contributed by atoms with Crippen LogP contribution in [0.3, 0.4) is 0 Å². The van der Waals surface area contributed by atoms with Gasteiger partial charge in [-0.1, -0.05) is 30.3 Å². The number of nitrogens with one attached hydrogen (secondary N) is 1. The second-order valence-corrected chi connectivity index (χ2v) is 6.10. The van der Waals surface area contributed by atoms with Crippen molar-refractivity contribution in [3.05, 3.63) is 53.8 Å². The van der Waals surface area contributed by atoms with Gasteiger partial charge in [0.05, 0.1) is 6.21 Å². The van der Waals surface area contributed by atoms with Gasteiger partial charge in [-0.25, -0.2) is 0 Å². The van der Waals surface area contributed by atoms with E-state index in [1.165, 1.54) is 5.56 Å². The average molecular weight is 343 g/mol. The van der Waals surface area contributed by atoms with Crippen molar-refractivity contribution >= 4 is 29.4 Å². The summed E-state index contributed by atoms with van der Waals surface area (Å²) in [5.41, 5.74) is 9.17. The second kappa shape index (κ2) is 7.94. The van der Waals surface area contributed by atoms with Gasteiger partial charge in [0.2, 0.25) is 0 Å². The molecule has 0 unspecified atom stereocenters. The van der Waals surface area contributed by atoms with Crippen LogP contribution in [0.15, 0.2) is 52.0 Å². The molecule has 126 valence electrons. The number of furan rings is 1. The lowest BCUT2D eigenvalue weighted by atomic mass is 10.2. The van der Waals surface area contributed by atoms with Gasteiger partial charge in [0, 0.05) is 38.8 Å². The maximum atomic E-state index is 5.79. The highest BCUT2D eigenvalue weighted by Gasteiger charge is 2.19. The third-order valence-electron chi connectivity index (χ3n) is 3.91. The first kappa shape index (κ1) is 16.5. The topological polar surface area (TPSA) is 70.0 Å². The first-order valence-electron chi connectivity index (χ1n) is 7.90. The minimum atomic E-state index is 0.132. The van der Waals surface area contributed by atoms with E-state index in [1.54, 1.807) is 6.21 Å². The minimum Gasteiger partial charge on any atom is -0.440 e. The number of hydrogen-bond donors (Lipinski definition) is 2. The van der Waals surface area contributed by atoms with Gasteiger partial charge < -0.3 is 15.1 Å². The number of piperazine rings is 1. The summed E-state index contributed by atoms with van der Waals surface area (Å²) in [7, 11) is 0. The monoisotopic (exact) mass is 343 g/mol. The number of nitrogens with zero attached hydrogens (tertiary/aromatic N) is 3. The molecule has 1 aromatic heterocycles. The molecule has 2 aromatic rings. The van der Waals surface area contributed by atoms with Crippen molar-refractivity contribution in [1.82, 2.24) is 10.3 Å². The predicted octanol–water partition coefficient (Wildman–Crippen LogP) is 1.77. The molecule has 0 aliphatic carbocycles. The molecule has 2 heterocycles. The van der Waals surface area contributed by atoms with E-state index in [-0.39, 0.29) is 5.11 Å². The standard InChI is InChI=1S/C17H21N5OS/c18-17(24)20-19-12-15-6-7-16(23-15)22-10-8-21(9-11-22)13-14-4-2-1-3-5-14/h1-7,12H,8-11,13H2,(H3,18,20,24). The molecular formula is C17H21N5OS. The largest absolute Gasteiger partial charge is 0.440 e. The third-order valence-corrected chi connectivity index (χ3v) is 4.00. The Labute approximate surface area is 146 Å². The van der Waals surface area contributed by atoms with Crippen LogP contribution >= 0.6 is 12.2 Å². The van der Waals surface area contributed by atoms with Crippen LogP contribution in [0.2, 0.25) is 0 Å². The summed E-state index contributed by atoms with van der Waals surface area (Å²) in [6, 6.07) is 14.4. The van der Waals surface area contributed by atoms with Crippen molar-refractivity contribution in [3.63, 3.8) is 0 Å². The predicted molar refractivity (Wildman–Crippen MR) is 100 cm³/mol. The fourth-order valence-corrected chi connectivity index (χ4v) is 2.76. The third kappa shape index (κ3) is 4.56. The van der Waals surface area contributed by atoms with Crippen LogP contribution in [-0.4, -0.2) is 42.4 Å². The molecule has 1 fully saturated rings. The number of thiocarbonyl (C=S) groups is 1. The molecule has 0 saturated carbocycles. The molecule has 0 bridgehead atoms. The summed E-state index contributed by atoms with van der Waals surface area (Å²) in [4.78, 5) is 4.71. The van der Waals surface area contributed by atoms with Gasteiger partial charge in [-0.2, -0.15) is 5.10 Å². The number of benzene rings is 1. The molecule has 0 amide bonds. The Kier molecular flexibility index (Phi) is 5.45. The Balaban J connectivity index is 1.50. The molecule has 1 aliphatic heterocycles. The highest BCUT2D eigenvalue weighted by molar-refractivity contribution is 7.80. The van der Waals surface area contributed by atoms with Crippen LogP contribution < -0.4 is 16.1 Å². The molecule has 0 radical (unpaired) electrons. The molecule has 1 aromatic carbocycles. The molecule has 3 N–H and O–H groups in total. The number of rotatable bonds is 5. The number of anilines is 1. The van der Waals surface area contributed by atoms with Crippen LogP contribution in [-0.2, 0) is 6.54 Å². The Bertz CT molecular complexity index is 692. The molecule has 3 rings (SSSR count). The highest BCUT2D eigenvalue weighted by Crippen LogP contribution is 2.20. The van der Waals surface area contributed by atoms with Crippen molar-refractivity contribution in [2.45, 2.75) is 6.54 Å². The van der Waals surface area contributed by atoms with E-state index < -0.39 is 0 Å². The average Bonchev–Trinajstić information content (AvgIpc) is 3.05. The Morgan fingerprint density at radius 1 is 1.17 bits per heavy atom. The molecule has 6 nitrogen and oxygen atoms in total. The Morgan fingerprint density at radius 3 is 2.62 bits per heavy atom. The molecular weight excluding hydrogens is 322 g/mol. The van der Waals surface area contributed by atoms with Crippen LogP contribution in [0.25, 0.3) is 0 Å². The first-order valence-corrected chi connectivity index (χ1v) is 8.31. The summed E-state index contributed by atoms with van der Waals surface area (Å²) in [5, 5.41) is 4.03. The SMILES string of the molecule is NC(=S)NN=Cc1ccc(N2CCN(Cc3ccccc3)CC2)o1. The van der Waals surface area contributed by atoms with Gasteiger partial charge in [-0.3, -0.25) is 10.3 Å².